The molecule has 0 radical (unpaired) electrons. The standard InChI is InChI=1S/C25H32O8/c1-24(2,31)7-5-13-9-16(23(30)15(22(13)29)6-8-25(3,4)32)19-12-18(28)21-17(27)10-14(26)11-20(21)33-19/h9-11,19,26-27,29-32H,5-8,12H2,1-4H3. The van der Waals surface area contributed by atoms with Crippen LogP contribution in [0, 0.1) is 0 Å². The molecular formula is C25H32O8. The van der Waals surface area contributed by atoms with E-state index in [1.807, 2.05) is 0 Å². The number of aliphatic hydroxyl groups is 2. The molecule has 2 aromatic carbocycles. The van der Waals surface area contributed by atoms with Gasteiger partial charge in [-0.15, -0.1) is 0 Å². The third-order valence-electron chi connectivity index (χ3n) is 5.80. The lowest BCUT2D eigenvalue weighted by Crippen LogP contribution is -2.22. The Kier molecular flexibility index (Phi) is 6.55. The molecule has 0 spiro atoms. The normalized spacial score (nSPS) is 16.4. The quantitative estimate of drug-likeness (QED) is 0.367. The van der Waals surface area contributed by atoms with Crippen molar-refractivity contribution >= 4 is 5.78 Å². The van der Waals surface area contributed by atoms with Crippen molar-refractivity contribution in [3.8, 4) is 28.7 Å². The van der Waals surface area contributed by atoms with Gasteiger partial charge in [-0.3, -0.25) is 4.79 Å². The highest BCUT2D eigenvalue weighted by atomic mass is 16.5. The summed E-state index contributed by atoms with van der Waals surface area (Å²) < 4.78 is 5.89. The van der Waals surface area contributed by atoms with Crippen LogP contribution in [0.4, 0.5) is 0 Å². The summed E-state index contributed by atoms with van der Waals surface area (Å²) in [4.78, 5) is 12.7. The van der Waals surface area contributed by atoms with E-state index in [9.17, 15) is 35.4 Å². The van der Waals surface area contributed by atoms with Crippen LogP contribution in [-0.4, -0.2) is 47.6 Å². The predicted octanol–water partition coefficient (Wildman–Crippen LogP) is 3.62. The number of aryl methyl sites for hydroxylation is 1. The molecule has 0 aromatic heterocycles. The first kappa shape index (κ1) is 24.7. The molecule has 0 aliphatic carbocycles. The molecule has 0 saturated heterocycles. The number of aromatic hydroxyl groups is 4. The molecule has 0 saturated carbocycles. The first-order valence-electron chi connectivity index (χ1n) is 10.9. The van der Waals surface area contributed by atoms with E-state index in [0.29, 0.717) is 18.4 Å². The van der Waals surface area contributed by atoms with Crippen LogP contribution in [0.5, 0.6) is 28.7 Å². The van der Waals surface area contributed by atoms with Gasteiger partial charge in [0.2, 0.25) is 0 Å². The lowest BCUT2D eigenvalue weighted by molar-refractivity contribution is 0.0711. The Bertz CT molecular complexity index is 1060. The third kappa shape index (κ3) is 5.69. The second-order valence-corrected chi connectivity index (χ2v) is 10.00. The summed E-state index contributed by atoms with van der Waals surface area (Å²) in [6.45, 7) is 6.55. The van der Waals surface area contributed by atoms with Crippen LogP contribution >= 0.6 is 0 Å². The molecule has 8 nitrogen and oxygen atoms in total. The van der Waals surface area contributed by atoms with Crippen LogP contribution < -0.4 is 4.74 Å². The zero-order chi connectivity index (χ0) is 24.7. The monoisotopic (exact) mass is 460 g/mol. The molecule has 1 aliphatic heterocycles. The summed E-state index contributed by atoms with van der Waals surface area (Å²) in [6, 6.07) is 3.83. The smallest absolute Gasteiger partial charge is 0.174 e. The molecule has 1 aliphatic rings. The third-order valence-corrected chi connectivity index (χ3v) is 5.80. The Balaban J connectivity index is 2.07. The Morgan fingerprint density at radius 3 is 2.12 bits per heavy atom. The maximum absolute atomic E-state index is 12.7. The summed E-state index contributed by atoms with van der Waals surface area (Å²) in [7, 11) is 0. The average Bonchev–Trinajstić information content (AvgIpc) is 2.64. The van der Waals surface area contributed by atoms with Crippen LogP contribution in [0.25, 0.3) is 0 Å². The lowest BCUT2D eigenvalue weighted by Gasteiger charge is -2.28. The summed E-state index contributed by atoms with van der Waals surface area (Å²) in [5.41, 5.74) is -1.09. The van der Waals surface area contributed by atoms with Gasteiger partial charge in [-0.2, -0.15) is 0 Å². The number of rotatable bonds is 7. The summed E-state index contributed by atoms with van der Waals surface area (Å²) in [5, 5.41) is 62.0. The van der Waals surface area contributed by atoms with Crippen LogP contribution in [0.1, 0.15) is 80.1 Å². The van der Waals surface area contributed by atoms with Gasteiger partial charge in [-0.1, -0.05) is 0 Å². The highest BCUT2D eigenvalue weighted by molar-refractivity contribution is 6.02. The number of carbonyl (C=O) groups is 1. The number of ketones is 1. The first-order chi connectivity index (χ1) is 15.2. The number of fused-ring (bicyclic) bond motifs is 1. The lowest BCUT2D eigenvalue weighted by atomic mass is 9.88. The van der Waals surface area contributed by atoms with Crippen molar-refractivity contribution in [1.82, 2.24) is 0 Å². The van der Waals surface area contributed by atoms with Crippen molar-refractivity contribution in [2.45, 2.75) is 77.1 Å². The molecular weight excluding hydrogens is 428 g/mol. The van der Waals surface area contributed by atoms with E-state index in [1.54, 1.807) is 33.8 Å². The fourth-order valence-electron chi connectivity index (χ4n) is 3.95. The van der Waals surface area contributed by atoms with Crippen molar-refractivity contribution in [2.24, 2.45) is 0 Å². The van der Waals surface area contributed by atoms with Gasteiger partial charge in [0.1, 0.15) is 40.4 Å². The maximum Gasteiger partial charge on any atom is 0.174 e. The summed E-state index contributed by atoms with van der Waals surface area (Å²) in [5.74, 6) is -1.44. The van der Waals surface area contributed by atoms with Crippen LogP contribution in [0.3, 0.4) is 0 Å². The van der Waals surface area contributed by atoms with E-state index in [0.717, 1.165) is 6.07 Å². The molecule has 1 atom stereocenters. The molecule has 6 N–H and O–H groups in total. The second-order valence-electron chi connectivity index (χ2n) is 10.00. The van der Waals surface area contributed by atoms with Crippen LogP contribution in [-0.2, 0) is 12.8 Å². The number of benzene rings is 2. The van der Waals surface area contributed by atoms with E-state index < -0.39 is 23.1 Å². The molecule has 8 heteroatoms. The second kappa shape index (κ2) is 8.76. The van der Waals surface area contributed by atoms with E-state index >= 15 is 0 Å². The van der Waals surface area contributed by atoms with E-state index in [-0.39, 0.29) is 64.7 Å². The highest BCUT2D eigenvalue weighted by Crippen LogP contribution is 2.46. The number of phenolic OH excluding ortho intramolecular Hbond substituents is 4. The molecule has 33 heavy (non-hydrogen) atoms. The molecule has 1 unspecified atom stereocenters. The Morgan fingerprint density at radius 1 is 0.909 bits per heavy atom. The minimum Gasteiger partial charge on any atom is -0.508 e. The fourth-order valence-corrected chi connectivity index (χ4v) is 3.95. The molecule has 0 bridgehead atoms. The Morgan fingerprint density at radius 2 is 1.52 bits per heavy atom. The first-order valence-corrected chi connectivity index (χ1v) is 10.9. The molecule has 0 fully saturated rings. The Hall–Kier alpha value is -2.97. The largest absolute Gasteiger partial charge is 0.508 e. The summed E-state index contributed by atoms with van der Waals surface area (Å²) in [6.07, 6.45) is -0.0177. The van der Waals surface area contributed by atoms with Gasteiger partial charge in [-0.25, -0.2) is 0 Å². The van der Waals surface area contributed by atoms with Gasteiger partial charge < -0.3 is 35.4 Å². The molecule has 3 rings (SSSR count). The zero-order valence-electron chi connectivity index (χ0n) is 19.3. The van der Waals surface area contributed by atoms with Gasteiger partial charge in [0.25, 0.3) is 0 Å². The van der Waals surface area contributed by atoms with Crippen molar-refractivity contribution in [3.63, 3.8) is 0 Å². The number of phenols is 4. The number of carbonyl (C=O) groups excluding carboxylic acids is 1. The topological polar surface area (TPSA) is 148 Å². The number of hydrogen-bond acceptors (Lipinski definition) is 8. The summed E-state index contributed by atoms with van der Waals surface area (Å²) >= 11 is 0. The molecule has 1 heterocycles. The maximum atomic E-state index is 12.7. The predicted molar refractivity (Wildman–Crippen MR) is 121 cm³/mol. The SMILES string of the molecule is CC(C)(O)CCc1cc(C2CC(=O)c3c(O)cc(O)cc3O2)c(O)c(CCC(C)(C)O)c1O. The molecule has 180 valence electrons. The van der Waals surface area contributed by atoms with Crippen LogP contribution in [0.2, 0.25) is 0 Å². The van der Waals surface area contributed by atoms with Gasteiger partial charge in [0.05, 0.1) is 17.6 Å². The minimum atomic E-state index is -1.03. The van der Waals surface area contributed by atoms with Gasteiger partial charge in [0.15, 0.2) is 5.78 Å². The van der Waals surface area contributed by atoms with E-state index in [1.165, 1.54) is 6.07 Å². The van der Waals surface area contributed by atoms with Crippen molar-refractivity contribution in [3.05, 3.63) is 40.5 Å². The number of Topliss-reactive ketones (excluding diaryl/α,β-unsaturated/α-hetero) is 1. The number of ether oxygens (including phenoxy) is 1. The van der Waals surface area contributed by atoms with Crippen molar-refractivity contribution in [1.29, 1.82) is 0 Å². The van der Waals surface area contributed by atoms with Crippen molar-refractivity contribution < 1.29 is 40.2 Å². The minimum absolute atomic E-state index is 0.00249. The Labute approximate surface area is 192 Å². The van der Waals surface area contributed by atoms with Crippen LogP contribution in [0.15, 0.2) is 18.2 Å². The van der Waals surface area contributed by atoms with Gasteiger partial charge >= 0.3 is 0 Å². The van der Waals surface area contributed by atoms with E-state index in [2.05, 4.69) is 0 Å². The average molecular weight is 461 g/mol. The number of hydrogen-bond donors (Lipinski definition) is 6. The zero-order valence-corrected chi connectivity index (χ0v) is 19.3. The highest BCUT2D eigenvalue weighted by Gasteiger charge is 2.34. The van der Waals surface area contributed by atoms with Gasteiger partial charge in [0, 0.05) is 23.3 Å². The molecule has 2 aromatic rings. The molecule has 0 amide bonds. The van der Waals surface area contributed by atoms with Crippen molar-refractivity contribution in [2.75, 3.05) is 0 Å². The van der Waals surface area contributed by atoms with E-state index in [4.69, 9.17) is 4.74 Å². The fraction of sp³-hybridized carbons (Fsp3) is 0.480. The van der Waals surface area contributed by atoms with Gasteiger partial charge in [-0.05, 0) is 65.0 Å².